The Hall–Kier alpha value is -0.610. The second-order valence-electron chi connectivity index (χ2n) is 2.87. The third-order valence-electron chi connectivity index (χ3n) is 1.48. The van der Waals surface area contributed by atoms with Crippen LogP contribution < -0.4 is 0 Å². The SMILES string of the molecule is CCOC(CCN(C)C)C(=O)O. The minimum atomic E-state index is -0.876. The summed E-state index contributed by atoms with van der Waals surface area (Å²) in [6, 6.07) is 0. The molecule has 0 radical (unpaired) electrons. The van der Waals surface area contributed by atoms with Crippen LogP contribution in [0.3, 0.4) is 0 Å². The lowest BCUT2D eigenvalue weighted by Gasteiger charge is -2.15. The van der Waals surface area contributed by atoms with Crippen molar-refractivity contribution < 1.29 is 14.6 Å². The molecule has 72 valence electrons. The summed E-state index contributed by atoms with van der Waals surface area (Å²) in [7, 11) is 3.82. The molecular weight excluding hydrogens is 158 g/mol. The average molecular weight is 175 g/mol. The van der Waals surface area contributed by atoms with E-state index in [4.69, 9.17) is 9.84 Å². The molecule has 0 aromatic rings. The van der Waals surface area contributed by atoms with Crippen LogP contribution in [-0.2, 0) is 9.53 Å². The summed E-state index contributed by atoms with van der Waals surface area (Å²) < 4.78 is 5.03. The zero-order valence-electron chi connectivity index (χ0n) is 7.91. The number of ether oxygens (including phenoxy) is 1. The summed E-state index contributed by atoms with van der Waals surface area (Å²) in [6.45, 7) is 2.98. The van der Waals surface area contributed by atoms with Gasteiger partial charge in [-0.3, -0.25) is 0 Å². The van der Waals surface area contributed by atoms with Gasteiger partial charge in [-0.15, -0.1) is 0 Å². The van der Waals surface area contributed by atoms with Gasteiger partial charge in [0.15, 0.2) is 6.10 Å². The number of carbonyl (C=O) groups is 1. The molecule has 0 aliphatic rings. The first-order chi connectivity index (χ1) is 5.57. The second-order valence-corrected chi connectivity index (χ2v) is 2.87. The van der Waals surface area contributed by atoms with Gasteiger partial charge >= 0.3 is 5.97 Å². The Balaban J connectivity index is 3.71. The molecule has 0 heterocycles. The molecule has 0 aromatic heterocycles. The number of carboxylic acid groups (broad SMARTS) is 1. The van der Waals surface area contributed by atoms with Crippen molar-refractivity contribution in [2.75, 3.05) is 27.2 Å². The molecule has 0 saturated heterocycles. The van der Waals surface area contributed by atoms with Crippen molar-refractivity contribution in [1.29, 1.82) is 0 Å². The van der Waals surface area contributed by atoms with Gasteiger partial charge in [0.05, 0.1) is 0 Å². The Morgan fingerprint density at radius 3 is 2.50 bits per heavy atom. The number of rotatable bonds is 6. The van der Waals surface area contributed by atoms with Gasteiger partial charge in [0.25, 0.3) is 0 Å². The average Bonchev–Trinajstić information content (AvgIpc) is 1.96. The summed E-state index contributed by atoms with van der Waals surface area (Å²) in [6.07, 6.45) is -0.117. The van der Waals surface area contributed by atoms with Crippen molar-refractivity contribution in [2.24, 2.45) is 0 Å². The molecule has 0 rings (SSSR count). The van der Waals surface area contributed by atoms with E-state index in [9.17, 15) is 4.79 Å². The van der Waals surface area contributed by atoms with E-state index in [0.29, 0.717) is 13.0 Å². The smallest absolute Gasteiger partial charge is 0.332 e. The topological polar surface area (TPSA) is 49.8 Å². The normalized spacial score (nSPS) is 13.3. The highest BCUT2D eigenvalue weighted by molar-refractivity contribution is 5.72. The number of carboxylic acids is 1. The molecule has 0 aromatic carbocycles. The highest BCUT2D eigenvalue weighted by Crippen LogP contribution is 1.99. The third kappa shape index (κ3) is 5.09. The maximum atomic E-state index is 10.6. The number of hydrogen-bond acceptors (Lipinski definition) is 3. The monoisotopic (exact) mass is 175 g/mol. The number of nitrogens with zero attached hydrogens (tertiary/aromatic N) is 1. The van der Waals surface area contributed by atoms with E-state index in [-0.39, 0.29) is 0 Å². The first kappa shape index (κ1) is 11.4. The van der Waals surface area contributed by atoms with Crippen LogP contribution in [0.5, 0.6) is 0 Å². The van der Waals surface area contributed by atoms with E-state index < -0.39 is 12.1 Å². The minimum Gasteiger partial charge on any atom is -0.479 e. The van der Waals surface area contributed by atoms with E-state index in [1.807, 2.05) is 19.0 Å². The van der Waals surface area contributed by atoms with Gasteiger partial charge in [-0.1, -0.05) is 0 Å². The lowest BCUT2D eigenvalue weighted by molar-refractivity contribution is -0.150. The second kappa shape index (κ2) is 5.97. The molecule has 4 nitrogen and oxygen atoms in total. The molecular formula is C8H17NO3. The number of aliphatic carboxylic acids is 1. The minimum absolute atomic E-state index is 0.449. The summed E-state index contributed by atoms with van der Waals surface area (Å²) in [5.74, 6) is -0.876. The van der Waals surface area contributed by atoms with Crippen molar-refractivity contribution in [3.8, 4) is 0 Å². The fourth-order valence-electron chi connectivity index (χ4n) is 0.855. The first-order valence-corrected chi connectivity index (χ1v) is 4.07. The van der Waals surface area contributed by atoms with Gasteiger partial charge in [0.2, 0.25) is 0 Å². The summed E-state index contributed by atoms with van der Waals surface area (Å²) in [4.78, 5) is 12.5. The largest absolute Gasteiger partial charge is 0.479 e. The summed E-state index contributed by atoms with van der Waals surface area (Å²) in [5.41, 5.74) is 0. The maximum absolute atomic E-state index is 10.6. The van der Waals surface area contributed by atoms with Crippen molar-refractivity contribution in [3.63, 3.8) is 0 Å². The van der Waals surface area contributed by atoms with E-state index in [1.54, 1.807) is 6.92 Å². The summed E-state index contributed by atoms with van der Waals surface area (Å²) in [5, 5.41) is 8.67. The highest BCUT2D eigenvalue weighted by atomic mass is 16.5. The number of hydrogen-bond donors (Lipinski definition) is 1. The molecule has 12 heavy (non-hydrogen) atoms. The van der Waals surface area contributed by atoms with Crippen molar-refractivity contribution in [3.05, 3.63) is 0 Å². The van der Waals surface area contributed by atoms with Crippen molar-refractivity contribution >= 4 is 5.97 Å². The van der Waals surface area contributed by atoms with Gasteiger partial charge in [-0.2, -0.15) is 0 Å². The first-order valence-electron chi connectivity index (χ1n) is 4.07. The Morgan fingerprint density at radius 2 is 2.17 bits per heavy atom. The van der Waals surface area contributed by atoms with Crippen LogP contribution in [0.15, 0.2) is 0 Å². The van der Waals surface area contributed by atoms with Gasteiger partial charge < -0.3 is 14.7 Å². The predicted molar refractivity (Wildman–Crippen MR) is 46.2 cm³/mol. The fraction of sp³-hybridized carbons (Fsp3) is 0.875. The summed E-state index contributed by atoms with van der Waals surface area (Å²) >= 11 is 0. The van der Waals surface area contributed by atoms with E-state index in [0.717, 1.165) is 6.54 Å². The molecule has 4 heteroatoms. The Bertz CT molecular complexity index is 136. The van der Waals surface area contributed by atoms with Gasteiger partial charge in [-0.05, 0) is 27.4 Å². The quantitative estimate of drug-likeness (QED) is 0.636. The molecule has 0 aliphatic heterocycles. The zero-order valence-corrected chi connectivity index (χ0v) is 7.91. The lowest BCUT2D eigenvalue weighted by atomic mass is 10.2. The Labute approximate surface area is 73.1 Å². The van der Waals surface area contributed by atoms with Crippen LogP contribution in [-0.4, -0.2) is 49.3 Å². The van der Waals surface area contributed by atoms with E-state index in [1.165, 1.54) is 0 Å². The van der Waals surface area contributed by atoms with Gasteiger partial charge in [-0.25, -0.2) is 4.79 Å². The molecule has 0 aliphatic carbocycles. The molecule has 0 amide bonds. The van der Waals surface area contributed by atoms with Gasteiger partial charge in [0.1, 0.15) is 0 Å². The van der Waals surface area contributed by atoms with Crippen molar-refractivity contribution in [2.45, 2.75) is 19.4 Å². The molecule has 1 N–H and O–H groups in total. The fourth-order valence-corrected chi connectivity index (χ4v) is 0.855. The highest BCUT2D eigenvalue weighted by Gasteiger charge is 2.16. The maximum Gasteiger partial charge on any atom is 0.332 e. The van der Waals surface area contributed by atoms with E-state index >= 15 is 0 Å². The van der Waals surface area contributed by atoms with Crippen LogP contribution in [0.2, 0.25) is 0 Å². The third-order valence-corrected chi connectivity index (χ3v) is 1.48. The van der Waals surface area contributed by atoms with Crippen molar-refractivity contribution in [1.82, 2.24) is 4.90 Å². The standard InChI is InChI=1S/C8H17NO3/c1-4-12-7(8(10)11)5-6-9(2)3/h7H,4-6H2,1-3H3,(H,10,11). The predicted octanol–water partition coefficient (Wildman–Crippen LogP) is 0.428. The molecule has 0 bridgehead atoms. The molecule has 1 atom stereocenters. The van der Waals surface area contributed by atoms with Gasteiger partial charge in [0, 0.05) is 13.2 Å². The Kier molecular flexibility index (Phi) is 5.66. The van der Waals surface area contributed by atoms with Crippen LogP contribution in [0.4, 0.5) is 0 Å². The molecule has 0 saturated carbocycles. The van der Waals surface area contributed by atoms with Crippen LogP contribution in [0.1, 0.15) is 13.3 Å². The lowest BCUT2D eigenvalue weighted by Crippen LogP contribution is -2.28. The molecule has 0 spiro atoms. The molecule has 1 unspecified atom stereocenters. The zero-order chi connectivity index (χ0) is 9.56. The van der Waals surface area contributed by atoms with Crippen LogP contribution in [0.25, 0.3) is 0 Å². The van der Waals surface area contributed by atoms with Crippen LogP contribution >= 0.6 is 0 Å². The van der Waals surface area contributed by atoms with Crippen LogP contribution in [0, 0.1) is 0 Å². The molecule has 0 fully saturated rings. The van der Waals surface area contributed by atoms with E-state index in [2.05, 4.69) is 0 Å². The Morgan fingerprint density at radius 1 is 1.58 bits per heavy atom.